The summed E-state index contributed by atoms with van der Waals surface area (Å²) in [6, 6.07) is 6.40. The van der Waals surface area contributed by atoms with E-state index in [9.17, 15) is 4.39 Å². The minimum Gasteiger partial charge on any atom is -0.207 e. The summed E-state index contributed by atoms with van der Waals surface area (Å²) in [6.45, 7) is 1.93. The van der Waals surface area contributed by atoms with Gasteiger partial charge in [-0.2, -0.15) is 0 Å². The molecule has 1 aromatic carbocycles. The molecule has 0 saturated carbocycles. The fraction of sp³-hybridized carbons (Fsp3) is 0.250. The molecule has 1 rings (SSSR count). The van der Waals surface area contributed by atoms with Gasteiger partial charge in [0.2, 0.25) is 0 Å². The molecule has 0 heterocycles. The topological polar surface area (TPSA) is 0 Å². The summed E-state index contributed by atoms with van der Waals surface area (Å²) in [7, 11) is 0. The third kappa shape index (κ3) is 2.27. The predicted molar refractivity (Wildman–Crippen MR) is 37.9 cm³/mol. The molecule has 1 heteroatoms. The van der Waals surface area contributed by atoms with Gasteiger partial charge < -0.3 is 0 Å². The van der Waals surface area contributed by atoms with Crippen LogP contribution in [0, 0.1) is 12.7 Å². The zero-order chi connectivity index (χ0) is 5.98. The first kappa shape index (κ1) is 8.15. The highest BCUT2D eigenvalue weighted by Crippen LogP contribution is 1.98. The summed E-state index contributed by atoms with van der Waals surface area (Å²) in [5.74, 6) is -0.171. The molecule has 0 saturated heterocycles. The molecule has 0 aliphatic rings. The number of benzene rings is 1. The van der Waals surface area contributed by atoms with Crippen molar-refractivity contribution in [1.82, 2.24) is 0 Å². The van der Waals surface area contributed by atoms with Crippen molar-refractivity contribution in [3.8, 4) is 0 Å². The van der Waals surface area contributed by atoms with E-state index in [4.69, 9.17) is 0 Å². The van der Waals surface area contributed by atoms with Crippen LogP contribution in [0.25, 0.3) is 0 Å². The van der Waals surface area contributed by atoms with Crippen LogP contribution in [0.1, 0.15) is 13.0 Å². The SMILES string of the molecule is C.Cc1ccc(F)cc1. The maximum atomic E-state index is 12.1. The number of rotatable bonds is 0. The second kappa shape index (κ2) is 3.23. The van der Waals surface area contributed by atoms with Crippen molar-refractivity contribution >= 4 is 0 Å². The molecule has 0 bridgehead atoms. The number of hydrogen-bond acceptors (Lipinski definition) is 0. The Hall–Kier alpha value is -0.850. The fourth-order valence-corrected chi connectivity index (χ4v) is 0.533. The Bertz CT molecular complexity index is 143. The molecular formula is C8H11F. The zero-order valence-corrected chi connectivity index (χ0v) is 4.69. The van der Waals surface area contributed by atoms with Gasteiger partial charge in [0, 0.05) is 0 Å². The summed E-state index contributed by atoms with van der Waals surface area (Å²) in [5.41, 5.74) is 1.09. The monoisotopic (exact) mass is 126 g/mol. The van der Waals surface area contributed by atoms with Crippen molar-refractivity contribution in [1.29, 1.82) is 0 Å². The van der Waals surface area contributed by atoms with Gasteiger partial charge in [0.1, 0.15) is 5.82 Å². The van der Waals surface area contributed by atoms with Crippen LogP contribution in [0.2, 0.25) is 0 Å². The normalized spacial score (nSPS) is 8.22. The number of halogens is 1. The summed E-state index contributed by atoms with van der Waals surface area (Å²) in [4.78, 5) is 0. The minimum absolute atomic E-state index is 0. The smallest absolute Gasteiger partial charge is 0.123 e. The van der Waals surface area contributed by atoms with Gasteiger partial charge in [-0.1, -0.05) is 25.1 Å². The van der Waals surface area contributed by atoms with Crippen molar-refractivity contribution in [3.63, 3.8) is 0 Å². The Morgan fingerprint density at radius 3 is 1.89 bits per heavy atom. The van der Waals surface area contributed by atoms with Gasteiger partial charge in [-0.25, -0.2) is 4.39 Å². The predicted octanol–water partition coefficient (Wildman–Crippen LogP) is 2.77. The van der Waals surface area contributed by atoms with Crippen molar-refractivity contribution < 1.29 is 4.39 Å². The first-order valence-corrected chi connectivity index (χ1v) is 2.51. The van der Waals surface area contributed by atoms with E-state index in [0.29, 0.717) is 0 Å². The van der Waals surface area contributed by atoms with Crippen LogP contribution in [-0.4, -0.2) is 0 Å². The average Bonchev–Trinajstić information content (AvgIpc) is 1.77. The first-order chi connectivity index (χ1) is 3.79. The van der Waals surface area contributed by atoms with Crippen LogP contribution in [0.3, 0.4) is 0 Å². The molecule has 0 spiro atoms. The third-order valence-electron chi connectivity index (χ3n) is 1.01. The standard InChI is InChI=1S/C7H7F.CH4/c1-6-2-4-7(8)5-3-6;/h2-5H,1H3;1H4. The summed E-state index contributed by atoms with van der Waals surface area (Å²) < 4.78 is 12.1. The molecule has 0 amide bonds. The maximum Gasteiger partial charge on any atom is 0.123 e. The van der Waals surface area contributed by atoms with E-state index in [2.05, 4.69) is 0 Å². The molecular weight excluding hydrogens is 115 g/mol. The molecule has 0 atom stereocenters. The van der Waals surface area contributed by atoms with Crippen LogP contribution >= 0.6 is 0 Å². The van der Waals surface area contributed by atoms with Gasteiger partial charge in [-0.05, 0) is 19.1 Å². The van der Waals surface area contributed by atoms with Gasteiger partial charge >= 0.3 is 0 Å². The molecule has 50 valence electrons. The second-order valence-corrected chi connectivity index (χ2v) is 1.80. The Labute approximate surface area is 55.3 Å². The Balaban J connectivity index is 0.000000640. The highest BCUT2D eigenvalue weighted by Gasteiger charge is 1.83. The maximum absolute atomic E-state index is 12.1. The first-order valence-electron chi connectivity index (χ1n) is 2.51. The summed E-state index contributed by atoms with van der Waals surface area (Å²) in [6.07, 6.45) is 0. The van der Waals surface area contributed by atoms with E-state index in [0.717, 1.165) is 5.56 Å². The zero-order valence-electron chi connectivity index (χ0n) is 4.69. The van der Waals surface area contributed by atoms with E-state index in [1.165, 1.54) is 12.1 Å². The molecule has 0 aliphatic carbocycles. The van der Waals surface area contributed by atoms with E-state index in [-0.39, 0.29) is 13.2 Å². The molecule has 0 aliphatic heterocycles. The molecule has 0 fully saturated rings. The van der Waals surface area contributed by atoms with E-state index >= 15 is 0 Å². The lowest BCUT2D eigenvalue weighted by molar-refractivity contribution is 0.627. The Morgan fingerprint density at radius 1 is 1.11 bits per heavy atom. The van der Waals surface area contributed by atoms with E-state index in [1.807, 2.05) is 6.92 Å². The molecule has 0 nitrogen and oxygen atoms in total. The van der Waals surface area contributed by atoms with Crippen LogP contribution in [0.15, 0.2) is 24.3 Å². The highest BCUT2D eigenvalue weighted by atomic mass is 19.1. The molecule has 0 radical (unpaired) electrons. The highest BCUT2D eigenvalue weighted by molar-refractivity contribution is 5.13. The van der Waals surface area contributed by atoms with Crippen LogP contribution in [0.5, 0.6) is 0 Å². The molecule has 9 heavy (non-hydrogen) atoms. The summed E-state index contributed by atoms with van der Waals surface area (Å²) >= 11 is 0. The molecule has 1 aromatic rings. The third-order valence-corrected chi connectivity index (χ3v) is 1.01. The van der Waals surface area contributed by atoms with Crippen molar-refractivity contribution in [2.75, 3.05) is 0 Å². The summed E-state index contributed by atoms with van der Waals surface area (Å²) in [5, 5.41) is 0. The van der Waals surface area contributed by atoms with Gasteiger partial charge in [0.25, 0.3) is 0 Å². The van der Waals surface area contributed by atoms with Gasteiger partial charge in [0.15, 0.2) is 0 Å². The van der Waals surface area contributed by atoms with Crippen molar-refractivity contribution in [3.05, 3.63) is 35.6 Å². The minimum atomic E-state index is -0.171. The molecule has 0 aromatic heterocycles. The largest absolute Gasteiger partial charge is 0.207 e. The van der Waals surface area contributed by atoms with Gasteiger partial charge in [-0.3, -0.25) is 0 Å². The Kier molecular flexibility index (Phi) is 2.93. The van der Waals surface area contributed by atoms with Gasteiger partial charge in [0.05, 0.1) is 0 Å². The van der Waals surface area contributed by atoms with Crippen LogP contribution in [0.4, 0.5) is 4.39 Å². The quantitative estimate of drug-likeness (QED) is 0.501. The van der Waals surface area contributed by atoms with Crippen molar-refractivity contribution in [2.24, 2.45) is 0 Å². The molecule has 0 N–H and O–H groups in total. The lowest BCUT2D eigenvalue weighted by Crippen LogP contribution is -1.71. The fourth-order valence-electron chi connectivity index (χ4n) is 0.533. The lowest BCUT2D eigenvalue weighted by Gasteiger charge is -1.87. The van der Waals surface area contributed by atoms with Crippen LogP contribution < -0.4 is 0 Å². The van der Waals surface area contributed by atoms with E-state index in [1.54, 1.807) is 12.1 Å². The number of hydrogen-bond donors (Lipinski definition) is 0. The van der Waals surface area contributed by atoms with E-state index < -0.39 is 0 Å². The van der Waals surface area contributed by atoms with Crippen LogP contribution in [-0.2, 0) is 0 Å². The van der Waals surface area contributed by atoms with Gasteiger partial charge in [-0.15, -0.1) is 0 Å². The van der Waals surface area contributed by atoms with Crippen molar-refractivity contribution in [2.45, 2.75) is 14.4 Å². The molecule has 0 unspecified atom stereocenters. The Morgan fingerprint density at radius 2 is 1.56 bits per heavy atom. The number of aryl methyl sites for hydroxylation is 1. The lowest BCUT2D eigenvalue weighted by atomic mass is 10.2. The average molecular weight is 126 g/mol. The second-order valence-electron chi connectivity index (χ2n) is 1.80.